The van der Waals surface area contributed by atoms with E-state index < -0.39 is 20.5 Å². The predicted octanol–water partition coefficient (Wildman–Crippen LogP) is -0.237. The van der Waals surface area contributed by atoms with Crippen LogP contribution in [0.15, 0.2) is 0 Å². The Morgan fingerprint density at radius 1 is 1.40 bits per heavy atom. The predicted molar refractivity (Wildman–Crippen MR) is 79.1 cm³/mol. The first-order valence-corrected chi connectivity index (χ1v) is 8.88. The van der Waals surface area contributed by atoms with Crippen molar-refractivity contribution < 1.29 is 17.9 Å². The summed E-state index contributed by atoms with van der Waals surface area (Å²) in [4.78, 5) is 12.6. The Labute approximate surface area is 124 Å². The van der Waals surface area contributed by atoms with Crippen LogP contribution in [0.2, 0.25) is 0 Å². The lowest BCUT2D eigenvalue weighted by atomic mass is 9.79. The summed E-state index contributed by atoms with van der Waals surface area (Å²) >= 11 is 5.04. The van der Waals surface area contributed by atoms with Crippen LogP contribution in [0.4, 0.5) is 0 Å². The number of hydrogen-bond donors (Lipinski definition) is 2. The van der Waals surface area contributed by atoms with Gasteiger partial charge < -0.3 is 15.8 Å². The van der Waals surface area contributed by atoms with Gasteiger partial charge in [-0.15, -0.1) is 0 Å². The summed E-state index contributed by atoms with van der Waals surface area (Å²) in [5, 5.41) is 2.25. The smallest absolute Gasteiger partial charge is 0.233 e. The zero-order valence-electron chi connectivity index (χ0n) is 11.3. The SMILES string of the molecule is NC(=S)C1(C(=O)NCC2CCCS2(=O)=O)CCOCC1. The first-order valence-electron chi connectivity index (χ1n) is 6.76. The minimum absolute atomic E-state index is 0.145. The van der Waals surface area contributed by atoms with Gasteiger partial charge in [-0.2, -0.15) is 0 Å². The van der Waals surface area contributed by atoms with Gasteiger partial charge in [-0.3, -0.25) is 4.79 Å². The lowest BCUT2D eigenvalue weighted by Crippen LogP contribution is -2.53. The Morgan fingerprint density at radius 3 is 2.55 bits per heavy atom. The highest BCUT2D eigenvalue weighted by Crippen LogP contribution is 2.31. The molecule has 2 saturated heterocycles. The molecule has 2 rings (SSSR count). The average Bonchev–Trinajstić information content (AvgIpc) is 2.75. The highest BCUT2D eigenvalue weighted by Gasteiger charge is 2.43. The average molecular weight is 320 g/mol. The van der Waals surface area contributed by atoms with Gasteiger partial charge in [0, 0.05) is 19.8 Å². The summed E-state index contributed by atoms with van der Waals surface area (Å²) in [6, 6.07) is 0. The fourth-order valence-electron chi connectivity index (χ4n) is 2.77. The highest BCUT2D eigenvalue weighted by atomic mass is 32.2. The Hall–Kier alpha value is -0.730. The third-order valence-electron chi connectivity index (χ3n) is 4.21. The third kappa shape index (κ3) is 2.96. The largest absolute Gasteiger partial charge is 0.392 e. The Bertz CT molecular complexity index is 498. The van der Waals surface area contributed by atoms with Crippen LogP contribution in [-0.4, -0.2) is 50.1 Å². The summed E-state index contributed by atoms with van der Waals surface area (Å²) < 4.78 is 28.7. The number of thiocarbonyl (C=S) groups is 1. The molecule has 0 radical (unpaired) electrons. The van der Waals surface area contributed by atoms with Gasteiger partial charge >= 0.3 is 0 Å². The number of carbonyl (C=O) groups excluding carboxylic acids is 1. The van der Waals surface area contributed by atoms with Crippen LogP contribution in [0, 0.1) is 5.41 Å². The van der Waals surface area contributed by atoms with Gasteiger partial charge in [-0.25, -0.2) is 8.42 Å². The lowest BCUT2D eigenvalue weighted by molar-refractivity contribution is -0.131. The fourth-order valence-corrected chi connectivity index (χ4v) is 4.83. The molecule has 3 N–H and O–H groups in total. The van der Waals surface area contributed by atoms with Crippen LogP contribution in [0.1, 0.15) is 25.7 Å². The molecule has 2 aliphatic rings. The Balaban J connectivity index is 2.01. The van der Waals surface area contributed by atoms with Gasteiger partial charge in [-0.05, 0) is 25.7 Å². The van der Waals surface area contributed by atoms with Crippen molar-refractivity contribution in [3.8, 4) is 0 Å². The van der Waals surface area contributed by atoms with Crippen LogP contribution in [-0.2, 0) is 19.4 Å². The summed E-state index contributed by atoms with van der Waals surface area (Å²) in [7, 11) is -3.06. The minimum atomic E-state index is -3.06. The van der Waals surface area contributed by atoms with Crippen molar-refractivity contribution >= 4 is 33.0 Å². The monoisotopic (exact) mass is 320 g/mol. The third-order valence-corrected chi connectivity index (χ3v) is 6.87. The topological polar surface area (TPSA) is 98.5 Å². The molecule has 6 nitrogen and oxygen atoms in total. The van der Waals surface area contributed by atoms with E-state index in [1.54, 1.807) is 0 Å². The van der Waals surface area contributed by atoms with Crippen LogP contribution in [0.3, 0.4) is 0 Å². The van der Waals surface area contributed by atoms with E-state index in [0.717, 1.165) is 0 Å². The second-order valence-corrected chi connectivity index (χ2v) is 8.24. The van der Waals surface area contributed by atoms with Crippen LogP contribution < -0.4 is 11.1 Å². The molecule has 2 aliphatic heterocycles. The molecule has 0 spiro atoms. The Morgan fingerprint density at radius 2 is 2.05 bits per heavy atom. The molecule has 0 aromatic heterocycles. The quantitative estimate of drug-likeness (QED) is 0.694. The molecule has 1 atom stereocenters. The van der Waals surface area contributed by atoms with Gasteiger partial charge in [0.1, 0.15) is 5.41 Å². The normalized spacial score (nSPS) is 27.9. The van der Waals surface area contributed by atoms with E-state index in [1.807, 2.05) is 0 Å². The van der Waals surface area contributed by atoms with Crippen LogP contribution >= 0.6 is 12.2 Å². The number of sulfone groups is 1. The number of carbonyl (C=O) groups is 1. The summed E-state index contributed by atoms with van der Waals surface area (Å²) in [5.74, 6) is -0.0580. The molecule has 0 bridgehead atoms. The molecule has 0 saturated carbocycles. The number of amides is 1. The molecule has 2 heterocycles. The molecule has 0 aromatic carbocycles. The van der Waals surface area contributed by atoms with Crippen molar-refractivity contribution in [3.05, 3.63) is 0 Å². The summed E-state index contributed by atoms with van der Waals surface area (Å²) in [6.45, 7) is 1.02. The van der Waals surface area contributed by atoms with Crippen molar-refractivity contribution in [3.63, 3.8) is 0 Å². The molecular formula is C12H20N2O4S2. The first-order chi connectivity index (χ1) is 9.38. The van der Waals surface area contributed by atoms with Crippen molar-refractivity contribution in [1.29, 1.82) is 0 Å². The number of hydrogen-bond acceptors (Lipinski definition) is 5. The van der Waals surface area contributed by atoms with Crippen molar-refractivity contribution in [2.45, 2.75) is 30.9 Å². The van der Waals surface area contributed by atoms with E-state index in [9.17, 15) is 13.2 Å². The van der Waals surface area contributed by atoms with E-state index >= 15 is 0 Å². The zero-order valence-corrected chi connectivity index (χ0v) is 12.9. The maximum atomic E-state index is 12.4. The molecule has 1 unspecified atom stereocenters. The number of ether oxygens (including phenoxy) is 1. The van der Waals surface area contributed by atoms with Crippen molar-refractivity contribution in [1.82, 2.24) is 5.32 Å². The van der Waals surface area contributed by atoms with Crippen LogP contribution in [0.5, 0.6) is 0 Å². The molecule has 0 aromatic rings. The van der Waals surface area contributed by atoms with Crippen molar-refractivity contribution in [2.24, 2.45) is 11.1 Å². The van der Waals surface area contributed by atoms with E-state index in [0.29, 0.717) is 38.9 Å². The van der Waals surface area contributed by atoms with Gasteiger partial charge in [0.25, 0.3) is 0 Å². The second-order valence-electron chi connectivity index (χ2n) is 5.40. The number of rotatable bonds is 4. The molecule has 0 aliphatic carbocycles. The van der Waals surface area contributed by atoms with Gasteiger partial charge in [0.2, 0.25) is 5.91 Å². The summed E-state index contributed by atoms with van der Waals surface area (Å²) in [6.07, 6.45) is 2.17. The molecule has 20 heavy (non-hydrogen) atoms. The molecular weight excluding hydrogens is 300 g/mol. The highest BCUT2D eigenvalue weighted by molar-refractivity contribution is 7.92. The van der Waals surface area contributed by atoms with Gasteiger partial charge in [0.15, 0.2) is 9.84 Å². The fraction of sp³-hybridized carbons (Fsp3) is 0.833. The van der Waals surface area contributed by atoms with Crippen molar-refractivity contribution in [2.75, 3.05) is 25.5 Å². The Kier molecular flexibility index (Phi) is 4.66. The van der Waals surface area contributed by atoms with E-state index in [4.69, 9.17) is 22.7 Å². The molecule has 2 fully saturated rings. The second kappa shape index (κ2) is 5.95. The van der Waals surface area contributed by atoms with Crippen LogP contribution in [0.25, 0.3) is 0 Å². The lowest BCUT2D eigenvalue weighted by Gasteiger charge is -2.34. The minimum Gasteiger partial charge on any atom is -0.392 e. The molecule has 114 valence electrons. The maximum Gasteiger partial charge on any atom is 0.233 e. The van der Waals surface area contributed by atoms with E-state index in [2.05, 4.69) is 5.32 Å². The first kappa shape index (κ1) is 15.7. The summed E-state index contributed by atoms with van der Waals surface area (Å²) in [5.41, 5.74) is 4.84. The number of nitrogens with one attached hydrogen (secondary N) is 1. The van der Waals surface area contributed by atoms with E-state index in [-0.39, 0.29) is 23.2 Å². The molecule has 8 heteroatoms. The van der Waals surface area contributed by atoms with E-state index in [1.165, 1.54) is 0 Å². The van der Waals surface area contributed by atoms with Gasteiger partial charge in [-0.1, -0.05) is 12.2 Å². The van der Waals surface area contributed by atoms with Gasteiger partial charge in [0.05, 0.1) is 16.0 Å². The standard InChI is InChI=1S/C12H20N2O4S2/c13-10(19)12(3-5-18-6-4-12)11(15)14-8-9-2-1-7-20(9,16)17/h9H,1-8H2,(H2,13,19)(H,14,15). The number of nitrogens with two attached hydrogens (primary N) is 1. The zero-order chi connectivity index (χ0) is 14.8. The molecule has 1 amide bonds. The maximum absolute atomic E-state index is 12.4.